The van der Waals surface area contributed by atoms with Crippen molar-refractivity contribution in [1.29, 1.82) is 0 Å². The molecule has 1 aliphatic rings. The van der Waals surface area contributed by atoms with Crippen molar-refractivity contribution in [3.05, 3.63) is 29.3 Å². The summed E-state index contributed by atoms with van der Waals surface area (Å²) in [5, 5.41) is 12.3. The van der Waals surface area contributed by atoms with Crippen molar-refractivity contribution in [1.82, 2.24) is 0 Å². The molecule has 2 rings (SSSR count). The maximum absolute atomic E-state index is 11.6. The van der Waals surface area contributed by atoms with Crippen molar-refractivity contribution in [3.63, 3.8) is 0 Å². The minimum absolute atomic E-state index is 0.0595. The molecule has 0 bridgehead atoms. The van der Waals surface area contributed by atoms with Crippen LogP contribution in [0.4, 0.5) is 5.69 Å². The van der Waals surface area contributed by atoms with Crippen molar-refractivity contribution in [3.8, 4) is 0 Å². The van der Waals surface area contributed by atoms with Gasteiger partial charge < -0.3 is 10.4 Å². The van der Waals surface area contributed by atoms with E-state index in [2.05, 4.69) is 21.2 Å². The summed E-state index contributed by atoms with van der Waals surface area (Å²) < 4.78 is 0. The SMILES string of the molecule is O=C(O)c1c(CBr)cccc1NC(=O)C1CC1. The number of anilines is 1. The van der Waals surface area contributed by atoms with Crippen LogP contribution in [0.25, 0.3) is 0 Å². The molecule has 2 N–H and O–H groups in total. The molecule has 0 aliphatic heterocycles. The van der Waals surface area contributed by atoms with Crippen LogP contribution in [0.15, 0.2) is 18.2 Å². The molecule has 0 spiro atoms. The Bertz CT molecular complexity index is 469. The van der Waals surface area contributed by atoms with Gasteiger partial charge in [0, 0.05) is 11.2 Å². The molecule has 0 heterocycles. The summed E-state index contributed by atoms with van der Waals surface area (Å²) in [5.74, 6) is -1.05. The number of carboxylic acids is 1. The van der Waals surface area contributed by atoms with Gasteiger partial charge in [-0.25, -0.2) is 4.79 Å². The highest BCUT2D eigenvalue weighted by Gasteiger charge is 2.30. The average Bonchev–Trinajstić information content (AvgIpc) is 3.11. The lowest BCUT2D eigenvalue weighted by atomic mass is 10.1. The summed E-state index contributed by atoms with van der Waals surface area (Å²) in [7, 11) is 0. The quantitative estimate of drug-likeness (QED) is 0.840. The molecule has 1 fully saturated rings. The summed E-state index contributed by atoms with van der Waals surface area (Å²) in [4.78, 5) is 22.8. The fourth-order valence-electron chi connectivity index (χ4n) is 1.65. The Labute approximate surface area is 107 Å². The van der Waals surface area contributed by atoms with E-state index in [1.165, 1.54) is 0 Å². The molecule has 1 aliphatic carbocycles. The Morgan fingerprint density at radius 2 is 2.12 bits per heavy atom. The first-order valence-corrected chi connectivity index (χ1v) is 6.47. The van der Waals surface area contributed by atoms with Gasteiger partial charge in [0.05, 0.1) is 11.3 Å². The second-order valence-corrected chi connectivity index (χ2v) is 4.60. The van der Waals surface area contributed by atoms with Crippen LogP contribution in [-0.4, -0.2) is 17.0 Å². The number of carbonyl (C=O) groups excluding carboxylic acids is 1. The van der Waals surface area contributed by atoms with Crippen LogP contribution in [0.1, 0.15) is 28.8 Å². The van der Waals surface area contributed by atoms with Gasteiger partial charge in [-0.05, 0) is 24.5 Å². The monoisotopic (exact) mass is 297 g/mol. The number of nitrogens with one attached hydrogen (secondary N) is 1. The van der Waals surface area contributed by atoms with Gasteiger partial charge in [0.1, 0.15) is 0 Å². The third-order valence-electron chi connectivity index (χ3n) is 2.71. The molecular formula is C12H12BrNO3. The van der Waals surface area contributed by atoms with Gasteiger partial charge in [-0.1, -0.05) is 28.1 Å². The molecule has 17 heavy (non-hydrogen) atoms. The Kier molecular flexibility index (Phi) is 3.47. The van der Waals surface area contributed by atoms with Crippen LogP contribution < -0.4 is 5.32 Å². The lowest BCUT2D eigenvalue weighted by molar-refractivity contribution is -0.117. The molecular weight excluding hydrogens is 286 g/mol. The first kappa shape index (κ1) is 12.1. The van der Waals surface area contributed by atoms with Crippen LogP contribution in [0.5, 0.6) is 0 Å². The summed E-state index contributed by atoms with van der Waals surface area (Å²) in [5.41, 5.74) is 1.20. The summed E-state index contributed by atoms with van der Waals surface area (Å²) in [6.45, 7) is 0. The molecule has 0 unspecified atom stereocenters. The van der Waals surface area contributed by atoms with Gasteiger partial charge in [-0.2, -0.15) is 0 Å². The maximum Gasteiger partial charge on any atom is 0.338 e. The lowest BCUT2D eigenvalue weighted by Crippen LogP contribution is -2.17. The van der Waals surface area contributed by atoms with Crippen molar-refractivity contribution in [2.45, 2.75) is 18.2 Å². The van der Waals surface area contributed by atoms with Crippen molar-refractivity contribution < 1.29 is 14.7 Å². The predicted octanol–water partition coefficient (Wildman–Crippen LogP) is 2.63. The van der Waals surface area contributed by atoms with E-state index < -0.39 is 5.97 Å². The average molecular weight is 298 g/mol. The Balaban J connectivity index is 2.31. The fourth-order valence-corrected chi connectivity index (χ4v) is 2.12. The number of carbonyl (C=O) groups is 2. The smallest absolute Gasteiger partial charge is 0.338 e. The first-order chi connectivity index (χ1) is 8.13. The van der Waals surface area contributed by atoms with E-state index >= 15 is 0 Å². The molecule has 90 valence electrons. The van der Waals surface area contributed by atoms with Crippen LogP contribution in [0.2, 0.25) is 0 Å². The Morgan fingerprint density at radius 3 is 2.65 bits per heavy atom. The number of aromatic carboxylic acids is 1. The van der Waals surface area contributed by atoms with Crippen LogP contribution in [0.3, 0.4) is 0 Å². The van der Waals surface area contributed by atoms with Crippen LogP contribution >= 0.6 is 15.9 Å². The van der Waals surface area contributed by atoms with E-state index in [1.807, 2.05) is 0 Å². The van der Waals surface area contributed by atoms with Gasteiger partial charge in [0.2, 0.25) is 5.91 Å². The standard InChI is InChI=1S/C12H12BrNO3/c13-6-8-2-1-3-9(10(8)12(16)17)14-11(15)7-4-5-7/h1-3,7H,4-6H2,(H,14,15)(H,16,17). The van der Waals surface area contributed by atoms with Crippen LogP contribution in [0, 0.1) is 5.92 Å². The van der Waals surface area contributed by atoms with Crippen molar-refractivity contribution >= 4 is 33.5 Å². The van der Waals surface area contributed by atoms with E-state index in [0.29, 0.717) is 16.6 Å². The minimum Gasteiger partial charge on any atom is -0.478 e. The fraction of sp³-hybridized carbons (Fsp3) is 0.333. The van der Waals surface area contributed by atoms with Crippen molar-refractivity contribution in [2.75, 3.05) is 5.32 Å². The summed E-state index contributed by atoms with van der Waals surface area (Å²) in [6, 6.07) is 5.09. The molecule has 1 aromatic rings. The zero-order valence-electron chi connectivity index (χ0n) is 9.07. The van der Waals surface area contributed by atoms with Gasteiger partial charge in [0.25, 0.3) is 0 Å². The molecule has 4 nitrogen and oxygen atoms in total. The molecule has 0 aromatic heterocycles. The van der Waals surface area contributed by atoms with E-state index in [1.54, 1.807) is 18.2 Å². The normalized spacial score (nSPS) is 14.4. The Morgan fingerprint density at radius 1 is 1.41 bits per heavy atom. The summed E-state index contributed by atoms with van der Waals surface area (Å²) >= 11 is 3.24. The number of carboxylic acid groups (broad SMARTS) is 1. The number of hydrogen-bond donors (Lipinski definition) is 2. The van der Waals surface area contributed by atoms with Gasteiger partial charge in [-0.3, -0.25) is 4.79 Å². The molecule has 1 amide bonds. The lowest BCUT2D eigenvalue weighted by Gasteiger charge is -2.10. The number of amides is 1. The number of benzene rings is 1. The zero-order chi connectivity index (χ0) is 12.4. The highest BCUT2D eigenvalue weighted by Crippen LogP contribution is 2.31. The highest BCUT2D eigenvalue weighted by atomic mass is 79.9. The molecule has 1 saturated carbocycles. The topological polar surface area (TPSA) is 66.4 Å². The van der Waals surface area contributed by atoms with E-state index in [9.17, 15) is 14.7 Å². The van der Waals surface area contributed by atoms with Gasteiger partial charge >= 0.3 is 5.97 Å². The molecule has 0 saturated heterocycles. The number of rotatable bonds is 4. The highest BCUT2D eigenvalue weighted by molar-refractivity contribution is 9.08. The maximum atomic E-state index is 11.6. The van der Waals surface area contributed by atoms with E-state index in [-0.39, 0.29) is 17.4 Å². The van der Waals surface area contributed by atoms with E-state index in [0.717, 1.165) is 12.8 Å². The second kappa shape index (κ2) is 4.87. The molecule has 5 heteroatoms. The van der Waals surface area contributed by atoms with Crippen molar-refractivity contribution in [2.24, 2.45) is 5.92 Å². The van der Waals surface area contributed by atoms with Gasteiger partial charge in [-0.15, -0.1) is 0 Å². The number of alkyl halides is 1. The predicted molar refractivity (Wildman–Crippen MR) is 67.4 cm³/mol. The minimum atomic E-state index is -1.02. The van der Waals surface area contributed by atoms with E-state index in [4.69, 9.17) is 0 Å². The number of halogens is 1. The zero-order valence-corrected chi connectivity index (χ0v) is 10.7. The molecule has 1 aromatic carbocycles. The number of hydrogen-bond acceptors (Lipinski definition) is 2. The molecule has 0 radical (unpaired) electrons. The van der Waals surface area contributed by atoms with Crippen LogP contribution in [-0.2, 0) is 10.1 Å². The van der Waals surface area contributed by atoms with Gasteiger partial charge in [0.15, 0.2) is 0 Å². The first-order valence-electron chi connectivity index (χ1n) is 5.35. The Hall–Kier alpha value is -1.36. The second-order valence-electron chi connectivity index (χ2n) is 4.04. The largest absolute Gasteiger partial charge is 0.478 e. The third kappa shape index (κ3) is 2.66. The molecule has 0 atom stereocenters. The third-order valence-corrected chi connectivity index (χ3v) is 3.32. The summed E-state index contributed by atoms with van der Waals surface area (Å²) in [6.07, 6.45) is 1.79.